The average Bonchev–Trinajstić information content (AvgIpc) is 2.93. The smallest absolute Gasteiger partial charge is 0.227 e. The molecule has 2 bridgehead atoms. The minimum atomic E-state index is 0.107. The third-order valence-corrected chi connectivity index (χ3v) is 5.41. The summed E-state index contributed by atoms with van der Waals surface area (Å²) >= 11 is 0. The zero-order valence-corrected chi connectivity index (χ0v) is 14.7. The lowest BCUT2D eigenvalue weighted by Gasteiger charge is -2.36. The maximum absolute atomic E-state index is 12.9. The third-order valence-electron chi connectivity index (χ3n) is 5.41. The summed E-state index contributed by atoms with van der Waals surface area (Å²) in [6.07, 6.45) is 2.98. The first-order chi connectivity index (χ1) is 12.2. The molecule has 0 saturated carbocycles. The number of piperidine rings is 1. The maximum atomic E-state index is 12.9. The first-order valence-corrected chi connectivity index (χ1v) is 9.24. The summed E-state index contributed by atoms with van der Waals surface area (Å²) in [5.41, 5.74) is 2.20. The van der Waals surface area contributed by atoms with Crippen molar-refractivity contribution in [1.82, 2.24) is 15.0 Å². The van der Waals surface area contributed by atoms with E-state index in [0.29, 0.717) is 11.9 Å². The lowest BCUT2D eigenvalue weighted by Crippen LogP contribution is -2.47. The lowest BCUT2D eigenvalue weighted by molar-refractivity contribution is -0.140. The van der Waals surface area contributed by atoms with Crippen molar-refractivity contribution in [3.8, 4) is 0 Å². The summed E-state index contributed by atoms with van der Waals surface area (Å²) in [5, 5.41) is 4.08. The van der Waals surface area contributed by atoms with Gasteiger partial charge in [-0.25, -0.2) is 0 Å². The Bertz CT molecular complexity index is 728. The number of rotatable bonds is 5. The second kappa shape index (κ2) is 7.00. The monoisotopic (exact) mass is 339 g/mol. The minimum Gasteiger partial charge on any atom is -0.360 e. The summed E-state index contributed by atoms with van der Waals surface area (Å²) in [7, 11) is 0. The quantitative estimate of drug-likeness (QED) is 0.840. The predicted octanol–water partition coefficient (Wildman–Crippen LogP) is 2.86. The number of carbonyl (C=O) groups is 1. The largest absolute Gasteiger partial charge is 0.360 e. The summed E-state index contributed by atoms with van der Waals surface area (Å²) in [6, 6.07) is 12.6. The predicted molar refractivity (Wildman–Crippen MR) is 94.7 cm³/mol. The van der Waals surface area contributed by atoms with Crippen LogP contribution in [0, 0.1) is 5.92 Å². The van der Waals surface area contributed by atoms with Crippen LogP contribution in [0.15, 0.2) is 40.9 Å². The molecule has 5 nitrogen and oxygen atoms in total. The zero-order valence-electron chi connectivity index (χ0n) is 14.7. The van der Waals surface area contributed by atoms with E-state index in [1.165, 1.54) is 5.56 Å². The number of carbonyl (C=O) groups excluding carboxylic acids is 1. The topological polar surface area (TPSA) is 49.6 Å². The van der Waals surface area contributed by atoms with Crippen LogP contribution in [0.2, 0.25) is 0 Å². The van der Waals surface area contributed by atoms with Gasteiger partial charge in [-0.2, -0.15) is 0 Å². The van der Waals surface area contributed by atoms with Crippen LogP contribution in [-0.4, -0.2) is 40.0 Å². The highest BCUT2D eigenvalue weighted by atomic mass is 16.5. The molecule has 25 heavy (non-hydrogen) atoms. The highest BCUT2D eigenvalue weighted by Crippen LogP contribution is 2.31. The Hall–Kier alpha value is -2.14. The van der Waals surface area contributed by atoms with Crippen molar-refractivity contribution >= 4 is 5.91 Å². The van der Waals surface area contributed by atoms with Crippen LogP contribution in [0.5, 0.6) is 0 Å². The first kappa shape index (κ1) is 16.3. The second-order valence-corrected chi connectivity index (χ2v) is 7.21. The summed E-state index contributed by atoms with van der Waals surface area (Å²) in [4.78, 5) is 17.4. The van der Waals surface area contributed by atoms with E-state index in [2.05, 4.69) is 34.0 Å². The van der Waals surface area contributed by atoms with Gasteiger partial charge in [0.1, 0.15) is 0 Å². The zero-order chi connectivity index (χ0) is 17.2. The van der Waals surface area contributed by atoms with E-state index in [-0.39, 0.29) is 5.92 Å². The van der Waals surface area contributed by atoms with Crippen molar-refractivity contribution in [1.29, 1.82) is 0 Å². The van der Waals surface area contributed by atoms with E-state index >= 15 is 0 Å². The number of hydrogen-bond donors (Lipinski definition) is 0. The number of aryl methyl sites for hydroxylation is 1. The Balaban J connectivity index is 1.48. The number of hydrogen-bond acceptors (Lipinski definition) is 4. The number of aromatic nitrogens is 1. The van der Waals surface area contributed by atoms with Crippen LogP contribution < -0.4 is 0 Å². The van der Waals surface area contributed by atoms with Crippen LogP contribution in [0.1, 0.15) is 36.8 Å². The standard InChI is InChI=1S/C20H25N3O2/c1-2-17-10-19(25-21-17)14-22-12-16-8-9-18(13-22)23(20(16)24)11-15-6-4-3-5-7-15/h3-7,10,16,18H,2,8-9,11-14H2,1H3/t16-,18+/m0/s1. The van der Waals surface area contributed by atoms with Crippen molar-refractivity contribution in [2.45, 2.75) is 45.3 Å². The van der Waals surface area contributed by atoms with E-state index < -0.39 is 0 Å². The molecule has 0 spiro atoms. The molecule has 1 aromatic carbocycles. The molecular weight excluding hydrogens is 314 g/mol. The van der Waals surface area contributed by atoms with Gasteiger partial charge in [0, 0.05) is 31.7 Å². The van der Waals surface area contributed by atoms with E-state index in [4.69, 9.17) is 4.52 Å². The summed E-state index contributed by atoms with van der Waals surface area (Å²) in [5.74, 6) is 1.32. The first-order valence-electron chi connectivity index (χ1n) is 9.24. The molecule has 2 aromatic rings. The van der Waals surface area contributed by atoms with Gasteiger partial charge in [-0.15, -0.1) is 0 Å². The van der Waals surface area contributed by atoms with Crippen LogP contribution in [-0.2, 0) is 24.3 Å². The van der Waals surface area contributed by atoms with Gasteiger partial charge in [-0.05, 0) is 24.8 Å². The molecule has 0 N–H and O–H groups in total. The average molecular weight is 339 g/mol. The van der Waals surface area contributed by atoms with Crippen molar-refractivity contribution < 1.29 is 9.32 Å². The van der Waals surface area contributed by atoms with Crippen LogP contribution in [0.3, 0.4) is 0 Å². The second-order valence-electron chi connectivity index (χ2n) is 7.21. The molecule has 132 valence electrons. The van der Waals surface area contributed by atoms with Crippen LogP contribution in [0.4, 0.5) is 0 Å². The van der Waals surface area contributed by atoms with E-state index in [1.54, 1.807) is 0 Å². The lowest BCUT2D eigenvalue weighted by atomic mass is 9.93. The highest BCUT2D eigenvalue weighted by Gasteiger charge is 2.40. The molecule has 3 aliphatic rings. The molecule has 0 unspecified atom stereocenters. The van der Waals surface area contributed by atoms with Crippen LogP contribution >= 0.6 is 0 Å². The van der Waals surface area contributed by atoms with E-state index in [1.807, 2.05) is 24.3 Å². The molecule has 4 heterocycles. The minimum absolute atomic E-state index is 0.107. The number of nitrogens with zero attached hydrogens (tertiary/aromatic N) is 3. The highest BCUT2D eigenvalue weighted by molar-refractivity contribution is 5.80. The van der Waals surface area contributed by atoms with Gasteiger partial charge >= 0.3 is 0 Å². The molecule has 3 saturated heterocycles. The van der Waals surface area contributed by atoms with Gasteiger partial charge in [0.05, 0.1) is 18.2 Å². The molecule has 3 aliphatic heterocycles. The van der Waals surface area contributed by atoms with Gasteiger partial charge in [-0.1, -0.05) is 42.4 Å². The SMILES string of the molecule is CCc1cc(CN2C[C@@H]3CC[C@H](C2)N(Cc2ccccc2)C3=O)on1. The van der Waals surface area contributed by atoms with Gasteiger partial charge in [0.25, 0.3) is 0 Å². The third kappa shape index (κ3) is 3.47. The fourth-order valence-corrected chi connectivity index (χ4v) is 4.06. The Morgan fingerprint density at radius 2 is 2.00 bits per heavy atom. The molecule has 2 atom stereocenters. The fourth-order valence-electron chi connectivity index (χ4n) is 4.06. The summed E-state index contributed by atoms with van der Waals surface area (Å²) in [6.45, 7) is 5.28. The Morgan fingerprint density at radius 1 is 1.16 bits per heavy atom. The molecule has 3 fully saturated rings. The molecule has 5 rings (SSSR count). The summed E-state index contributed by atoms with van der Waals surface area (Å²) < 4.78 is 5.45. The maximum Gasteiger partial charge on any atom is 0.227 e. The Kier molecular flexibility index (Phi) is 4.57. The number of fused-ring (bicyclic) bond motifs is 4. The van der Waals surface area contributed by atoms with Gasteiger partial charge < -0.3 is 9.42 Å². The van der Waals surface area contributed by atoms with E-state index in [9.17, 15) is 4.79 Å². The molecule has 1 aromatic heterocycles. The van der Waals surface area contributed by atoms with Crippen molar-refractivity contribution in [2.75, 3.05) is 13.1 Å². The van der Waals surface area contributed by atoms with Gasteiger partial charge in [-0.3, -0.25) is 9.69 Å². The van der Waals surface area contributed by atoms with Crippen LogP contribution in [0.25, 0.3) is 0 Å². The van der Waals surface area contributed by atoms with Crippen molar-refractivity contribution in [3.05, 3.63) is 53.4 Å². The molecular formula is C20H25N3O2. The normalized spacial score (nSPS) is 23.9. The Labute approximate surface area is 148 Å². The molecule has 1 amide bonds. The van der Waals surface area contributed by atoms with Crippen molar-refractivity contribution in [2.24, 2.45) is 5.92 Å². The van der Waals surface area contributed by atoms with Gasteiger partial charge in [0.2, 0.25) is 5.91 Å². The molecule has 0 aliphatic carbocycles. The van der Waals surface area contributed by atoms with Gasteiger partial charge in [0.15, 0.2) is 5.76 Å². The Morgan fingerprint density at radius 3 is 2.76 bits per heavy atom. The van der Waals surface area contributed by atoms with Crippen molar-refractivity contribution in [3.63, 3.8) is 0 Å². The molecule has 0 radical (unpaired) electrons. The number of benzene rings is 1. The fraction of sp³-hybridized carbons (Fsp3) is 0.500. The van der Waals surface area contributed by atoms with E-state index in [0.717, 1.165) is 56.9 Å². The number of amides is 1. The molecule has 5 heteroatoms.